The van der Waals surface area contributed by atoms with Crippen LogP contribution in [0.1, 0.15) is 81.1 Å². The van der Waals surface area contributed by atoms with E-state index in [2.05, 4.69) is 6.92 Å². The normalized spacial score (nSPS) is 13.7. The van der Waals surface area contributed by atoms with Crippen molar-refractivity contribution in [3.63, 3.8) is 0 Å². The van der Waals surface area contributed by atoms with E-state index in [1.807, 2.05) is 34.6 Å². The molecule has 22 heavy (non-hydrogen) atoms. The zero-order valence-electron chi connectivity index (χ0n) is 14.6. The summed E-state index contributed by atoms with van der Waals surface area (Å²) in [6.45, 7) is 12.4. The molecule has 0 N–H and O–H groups in total. The molecular formula is C18H36O4. The third-order valence-corrected chi connectivity index (χ3v) is 3.83. The van der Waals surface area contributed by atoms with Gasteiger partial charge in [-0.05, 0) is 46.5 Å². The molecule has 0 rings (SSSR count). The van der Waals surface area contributed by atoms with Gasteiger partial charge in [0.05, 0.1) is 24.0 Å². The molecule has 132 valence electrons. The highest BCUT2D eigenvalue weighted by Gasteiger charge is 2.42. The molecule has 0 aliphatic rings. The van der Waals surface area contributed by atoms with E-state index >= 15 is 0 Å². The minimum Gasteiger partial charge on any atom is -0.465 e. The Morgan fingerprint density at radius 1 is 0.864 bits per heavy atom. The van der Waals surface area contributed by atoms with E-state index in [9.17, 15) is 9.59 Å². The van der Waals surface area contributed by atoms with Crippen LogP contribution < -0.4 is 0 Å². The number of esters is 2. The fourth-order valence-electron chi connectivity index (χ4n) is 2.26. The number of ether oxygens (including phenoxy) is 2. The van der Waals surface area contributed by atoms with E-state index in [1.165, 1.54) is 0 Å². The van der Waals surface area contributed by atoms with Crippen molar-refractivity contribution in [2.75, 3.05) is 13.2 Å². The predicted octanol–water partition coefficient (Wildman–Crippen LogP) is 4.75. The molecule has 1 unspecified atom stereocenters. The zero-order valence-corrected chi connectivity index (χ0v) is 14.6. The van der Waals surface area contributed by atoms with Crippen molar-refractivity contribution >= 4 is 11.9 Å². The minimum absolute atomic E-state index is 0. The van der Waals surface area contributed by atoms with Crippen LogP contribution in [0.3, 0.4) is 0 Å². The van der Waals surface area contributed by atoms with Crippen LogP contribution in [0, 0.1) is 10.8 Å². The van der Waals surface area contributed by atoms with Crippen molar-refractivity contribution in [2.24, 2.45) is 10.8 Å². The summed E-state index contributed by atoms with van der Waals surface area (Å²) in [5, 5.41) is 0. The summed E-state index contributed by atoms with van der Waals surface area (Å²) in [6.07, 6.45) is 3.73. The quantitative estimate of drug-likeness (QED) is 0.431. The van der Waals surface area contributed by atoms with Gasteiger partial charge in [0.25, 0.3) is 0 Å². The predicted molar refractivity (Wildman–Crippen MR) is 90.6 cm³/mol. The van der Waals surface area contributed by atoms with Crippen LogP contribution in [0.4, 0.5) is 0 Å². The van der Waals surface area contributed by atoms with Gasteiger partial charge < -0.3 is 9.47 Å². The second kappa shape index (κ2) is 10.6. The lowest BCUT2D eigenvalue weighted by Crippen LogP contribution is -2.38. The molecule has 0 aromatic rings. The van der Waals surface area contributed by atoms with Crippen LogP contribution in [0.2, 0.25) is 0 Å². The van der Waals surface area contributed by atoms with Crippen molar-refractivity contribution in [1.82, 2.24) is 0 Å². The molecule has 0 spiro atoms. The average Bonchev–Trinajstić information content (AvgIpc) is 2.44. The Bertz CT molecular complexity index is 336. The summed E-state index contributed by atoms with van der Waals surface area (Å²) in [4.78, 5) is 24.4. The number of unbranched alkanes of at least 4 members (excludes halogenated alkanes) is 1. The molecule has 4 heteroatoms. The molecular weight excluding hydrogens is 280 g/mol. The first kappa shape index (κ1) is 23.2. The standard InChI is InChI=1S/C17H32O4.CH4/c1-7-10-12-21-14(18)16(4,5)13-17(6,9-3)15(19)20-11-8-2;/h7-13H2,1-6H3;1H4. The van der Waals surface area contributed by atoms with Crippen LogP contribution in [0.15, 0.2) is 0 Å². The zero-order chi connectivity index (χ0) is 16.5. The first-order valence-corrected chi connectivity index (χ1v) is 8.08. The lowest BCUT2D eigenvalue weighted by molar-refractivity contribution is -0.163. The van der Waals surface area contributed by atoms with E-state index in [0.29, 0.717) is 26.1 Å². The number of rotatable bonds is 10. The van der Waals surface area contributed by atoms with Crippen molar-refractivity contribution < 1.29 is 19.1 Å². The second-order valence-electron chi connectivity index (χ2n) is 6.60. The molecule has 1 atom stereocenters. The van der Waals surface area contributed by atoms with E-state index in [0.717, 1.165) is 19.3 Å². The van der Waals surface area contributed by atoms with Gasteiger partial charge in [-0.2, -0.15) is 0 Å². The van der Waals surface area contributed by atoms with Gasteiger partial charge in [-0.1, -0.05) is 34.6 Å². The fraction of sp³-hybridized carbons (Fsp3) is 0.889. The Labute approximate surface area is 136 Å². The Morgan fingerprint density at radius 3 is 1.86 bits per heavy atom. The SMILES string of the molecule is C.CCCCOC(=O)C(C)(C)CC(C)(CC)C(=O)OCCC. The monoisotopic (exact) mass is 316 g/mol. The Balaban J connectivity index is 0. The van der Waals surface area contributed by atoms with Crippen molar-refractivity contribution in [3.8, 4) is 0 Å². The molecule has 0 aliphatic carbocycles. The second-order valence-corrected chi connectivity index (χ2v) is 6.60. The number of carbonyl (C=O) groups is 2. The lowest BCUT2D eigenvalue weighted by atomic mass is 9.72. The fourth-order valence-corrected chi connectivity index (χ4v) is 2.26. The van der Waals surface area contributed by atoms with E-state index < -0.39 is 10.8 Å². The van der Waals surface area contributed by atoms with Crippen LogP contribution in [-0.2, 0) is 19.1 Å². The summed E-state index contributed by atoms with van der Waals surface area (Å²) < 4.78 is 10.6. The molecule has 0 radical (unpaired) electrons. The van der Waals surface area contributed by atoms with Crippen LogP contribution in [0.5, 0.6) is 0 Å². The third kappa shape index (κ3) is 7.28. The molecule has 0 aromatic carbocycles. The molecule has 0 saturated heterocycles. The van der Waals surface area contributed by atoms with Gasteiger partial charge in [-0.15, -0.1) is 0 Å². The Kier molecular flexibility index (Phi) is 11.2. The maximum absolute atomic E-state index is 12.2. The molecule has 0 saturated carbocycles. The van der Waals surface area contributed by atoms with Gasteiger partial charge in [0, 0.05) is 0 Å². The van der Waals surface area contributed by atoms with Gasteiger partial charge in [0.15, 0.2) is 0 Å². The van der Waals surface area contributed by atoms with Gasteiger partial charge in [0.2, 0.25) is 0 Å². The Morgan fingerprint density at radius 2 is 1.41 bits per heavy atom. The molecule has 4 nitrogen and oxygen atoms in total. The lowest BCUT2D eigenvalue weighted by Gasteiger charge is -2.33. The Hall–Kier alpha value is -1.06. The maximum atomic E-state index is 12.2. The van der Waals surface area contributed by atoms with Crippen molar-refractivity contribution in [3.05, 3.63) is 0 Å². The third-order valence-electron chi connectivity index (χ3n) is 3.83. The van der Waals surface area contributed by atoms with Gasteiger partial charge >= 0.3 is 11.9 Å². The van der Waals surface area contributed by atoms with Gasteiger partial charge in [-0.25, -0.2) is 0 Å². The largest absolute Gasteiger partial charge is 0.465 e. The van der Waals surface area contributed by atoms with Crippen LogP contribution in [0.25, 0.3) is 0 Å². The van der Waals surface area contributed by atoms with Gasteiger partial charge in [0.1, 0.15) is 0 Å². The highest BCUT2D eigenvalue weighted by atomic mass is 16.5. The first-order chi connectivity index (χ1) is 9.73. The number of hydrogen-bond donors (Lipinski definition) is 0. The molecule has 0 amide bonds. The molecule has 0 aliphatic heterocycles. The van der Waals surface area contributed by atoms with Crippen molar-refractivity contribution in [1.29, 1.82) is 0 Å². The van der Waals surface area contributed by atoms with E-state index in [4.69, 9.17) is 9.47 Å². The highest BCUT2D eigenvalue weighted by molar-refractivity contribution is 5.80. The van der Waals surface area contributed by atoms with Crippen LogP contribution >= 0.6 is 0 Å². The maximum Gasteiger partial charge on any atom is 0.311 e. The highest BCUT2D eigenvalue weighted by Crippen LogP contribution is 2.38. The van der Waals surface area contributed by atoms with Crippen molar-refractivity contribution in [2.45, 2.75) is 81.1 Å². The van der Waals surface area contributed by atoms with E-state index in [-0.39, 0.29) is 19.4 Å². The molecule has 0 heterocycles. The summed E-state index contributed by atoms with van der Waals surface area (Å²) in [6, 6.07) is 0. The summed E-state index contributed by atoms with van der Waals surface area (Å²) >= 11 is 0. The number of hydrogen-bond acceptors (Lipinski definition) is 4. The smallest absolute Gasteiger partial charge is 0.311 e. The summed E-state index contributed by atoms with van der Waals surface area (Å²) in [5.41, 5.74) is -1.34. The minimum atomic E-state index is -0.691. The van der Waals surface area contributed by atoms with Gasteiger partial charge in [-0.3, -0.25) is 9.59 Å². The summed E-state index contributed by atoms with van der Waals surface area (Å²) in [7, 11) is 0. The topological polar surface area (TPSA) is 52.6 Å². The number of carbonyl (C=O) groups excluding carboxylic acids is 2. The van der Waals surface area contributed by atoms with Crippen LogP contribution in [-0.4, -0.2) is 25.2 Å². The molecule has 0 bridgehead atoms. The molecule has 0 aromatic heterocycles. The molecule has 0 fully saturated rings. The first-order valence-electron chi connectivity index (χ1n) is 8.08. The average molecular weight is 316 g/mol. The van der Waals surface area contributed by atoms with E-state index in [1.54, 1.807) is 0 Å². The summed E-state index contributed by atoms with van der Waals surface area (Å²) in [5.74, 6) is -0.458.